The number of phosphoric ester groups is 1. The molecule has 0 amide bonds. The van der Waals surface area contributed by atoms with Gasteiger partial charge in [0.1, 0.15) is 6.61 Å². The van der Waals surface area contributed by atoms with Crippen LogP contribution in [-0.2, 0) is 18.7 Å². The monoisotopic (exact) mass is 464 g/mol. The third-order valence-corrected chi connectivity index (χ3v) is 9.30. The van der Waals surface area contributed by atoms with Crippen LogP contribution >= 0.6 is 7.82 Å². The van der Waals surface area contributed by atoms with Crippen LogP contribution < -0.4 is 34.5 Å². The molecule has 0 aromatic rings. The Kier molecular flexibility index (Phi) is 7.23. The fraction of sp³-hybridized carbons (Fsp3) is 0.810. The molecule has 9 atom stereocenters. The van der Waals surface area contributed by atoms with Gasteiger partial charge in [-0.25, -0.2) is 0 Å². The number of Topliss-reactive ketones (excluding diaryl/α,β-unsaturated/α-hetero) is 1. The van der Waals surface area contributed by atoms with E-state index in [2.05, 4.69) is 0 Å². The number of aliphatic hydroxyl groups is 2. The van der Waals surface area contributed by atoms with E-state index in [0.29, 0.717) is 19.3 Å². The molecule has 0 spiro atoms. The molecule has 31 heavy (non-hydrogen) atoms. The largest absolute Gasteiger partial charge is 1.00 e. The summed E-state index contributed by atoms with van der Waals surface area (Å²) >= 11 is 0. The SMILES string of the molecule is C[C@]12C[C@H](O)[C@H]3[C@@H](CCC4=CC(=O)CC(OP(=O)([O-])O)[C@@]43C)[C@@H]1CC[C@@H]2C(=O)CO.[Na+]. The molecule has 0 aromatic carbocycles. The Morgan fingerprint density at radius 2 is 2.00 bits per heavy atom. The minimum Gasteiger partial charge on any atom is -0.756 e. The zero-order valence-electron chi connectivity index (χ0n) is 18.3. The number of fused-ring (bicyclic) bond motifs is 5. The van der Waals surface area contributed by atoms with Crippen LogP contribution in [0.5, 0.6) is 0 Å². The molecule has 0 aromatic heterocycles. The number of carbonyl (C=O) groups excluding carboxylic acids is 2. The van der Waals surface area contributed by atoms with Gasteiger partial charge < -0.3 is 24.5 Å². The molecule has 3 saturated carbocycles. The average Bonchev–Trinajstić information content (AvgIpc) is 2.97. The second kappa shape index (κ2) is 8.71. The zero-order chi connectivity index (χ0) is 22.1. The van der Waals surface area contributed by atoms with Gasteiger partial charge >= 0.3 is 29.6 Å². The van der Waals surface area contributed by atoms with Crippen LogP contribution in [-0.4, -0.2) is 45.5 Å². The van der Waals surface area contributed by atoms with Crippen LogP contribution in [0.15, 0.2) is 11.6 Å². The van der Waals surface area contributed by atoms with Gasteiger partial charge in [0.15, 0.2) is 11.6 Å². The van der Waals surface area contributed by atoms with Crippen LogP contribution in [0.2, 0.25) is 0 Å². The van der Waals surface area contributed by atoms with E-state index in [1.54, 1.807) is 6.08 Å². The minimum atomic E-state index is -5.08. The normalized spacial score (nSPS) is 46.0. The van der Waals surface area contributed by atoms with Crippen LogP contribution in [0.25, 0.3) is 0 Å². The van der Waals surface area contributed by atoms with Gasteiger partial charge in [-0.1, -0.05) is 19.4 Å². The maximum atomic E-state index is 12.4. The molecule has 2 unspecified atom stereocenters. The fourth-order valence-electron chi connectivity index (χ4n) is 7.65. The number of phosphoric acid groups is 1. The van der Waals surface area contributed by atoms with Crippen molar-refractivity contribution in [3.63, 3.8) is 0 Å². The predicted molar refractivity (Wildman–Crippen MR) is 104 cm³/mol. The Balaban J connectivity index is 0.00000272. The number of hydrogen-bond donors (Lipinski definition) is 3. The molecule has 0 heterocycles. The molecule has 4 aliphatic rings. The molecule has 8 nitrogen and oxygen atoms in total. The van der Waals surface area contributed by atoms with Gasteiger partial charge in [0.25, 0.3) is 7.82 Å². The molecule has 4 rings (SSSR count). The second-order valence-corrected chi connectivity index (χ2v) is 11.2. The van der Waals surface area contributed by atoms with Gasteiger partial charge in [-0.05, 0) is 61.3 Å². The first-order chi connectivity index (χ1) is 13.9. The van der Waals surface area contributed by atoms with Crippen molar-refractivity contribution in [2.75, 3.05) is 6.61 Å². The second-order valence-electron chi connectivity index (χ2n) is 10.1. The van der Waals surface area contributed by atoms with E-state index in [9.17, 15) is 34.2 Å². The smallest absolute Gasteiger partial charge is 0.756 e. The van der Waals surface area contributed by atoms with Gasteiger partial charge in [0.2, 0.25) is 0 Å². The molecule has 4 aliphatic carbocycles. The minimum absolute atomic E-state index is 0. The molecule has 3 N–H and O–H groups in total. The summed E-state index contributed by atoms with van der Waals surface area (Å²) in [5.41, 5.74) is -0.564. The summed E-state index contributed by atoms with van der Waals surface area (Å²) in [6.45, 7) is 3.35. The maximum Gasteiger partial charge on any atom is 1.00 e. The molecule has 0 bridgehead atoms. The Labute approximate surface area is 204 Å². The van der Waals surface area contributed by atoms with E-state index >= 15 is 0 Å². The van der Waals surface area contributed by atoms with Crippen molar-refractivity contribution >= 4 is 19.4 Å². The zero-order valence-corrected chi connectivity index (χ0v) is 21.2. The topological polar surface area (TPSA) is 144 Å². The van der Waals surface area contributed by atoms with Crippen molar-refractivity contribution in [3.8, 4) is 0 Å². The Bertz CT molecular complexity index is 839. The summed E-state index contributed by atoms with van der Waals surface area (Å²) in [7, 11) is -5.08. The van der Waals surface area contributed by atoms with E-state index in [1.807, 2.05) is 13.8 Å². The van der Waals surface area contributed by atoms with E-state index < -0.39 is 37.5 Å². The number of rotatable bonds is 4. The molecule has 168 valence electrons. The summed E-state index contributed by atoms with van der Waals surface area (Å²) in [5.74, 6) is -0.901. The third kappa shape index (κ3) is 4.11. The van der Waals surface area contributed by atoms with E-state index in [0.717, 1.165) is 18.4 Å². The standard InChI is InChI=1S/C21H31O8P.Na/c1-20-9-16(24)19-13(14(20)5-6-15(20)17(25)10-22)4-3-11-7-12(23)8-18(21(11,19)2)29-30(26,27)28;/h7,13-16,18-19,22,24H,3-6,8-10H2,1-2H3,(H2,26,27,28);/q;+1/p-1/t13-,14-,15+,16-,18?,19+,20-,21+;/m0./s1. The Hall–Kier alpha value is 0.110. The van der Waals surface area contributed by atoms with Gasteiger partial charge in [0.05, 0.1) is 12.2 Å². The van der Waals surface area contributed by atoms with Crippen molar-refractivity contribution in [1.29, 1.82) is 0 Å². The van der Waals surface area contributed by atoms with Crippen molar-refractivity contribution < 1.29 is 68.2 Å². The van der Waals surface area contributed by atoms with E-state index in [1.165, 1.54) is 0 Å². The van der Waals surface area contributed by atoms with Crippen LogP contribution in [0.1, 0.15) is 52.4 Å². The molecule has 10 heteroatoms. The molecular weight excluding hydrogens is 434 g/mol. The van der Waals surface area contributed by atoms with Crippen molar-refractivity contribution in [2.24, 2.45) is 34.5 Å². The predicted octanol–water partition coefficient (Wildman–Crippen LogP) is -1.87. The molecule has 3 fully saturated rings. The summed E-state index contributed by atoms with van der Waals surface area (Å²) in [4.78, 5) is 45.5. The van der Waals surface area contributed by atoms with Gasteiger partial charge in [0, 0.05) is 17.8 Å². The van der Waals surface area contributed by atoms with E-state index in [4.69, 9.17) is 4.52 Å². The first-order valence-electron chi connectivity index (χ1n) is 10.7. The Morgan fingerprint density at radius 3 is 2.61 bits per heavy atom. The van der Waals surface area contributed by atoms with Crippen molar-refractivity contribution in [1.82, 2.24) is 0 Å². The van der Waals surface area contributed by atoms with Crippen molar-refractivity contribution in [2.45, 2.75) is 64.6 Å². The fourth-order valence-corrected chi connectivity index (χ4v) is 8.26. The number of ketones is 2. The van der Waals surface area contributed by atoms with Crippen LogP contribution in [0.4, 0.5) is 0 Å². The first kappa shape index (κ1) is 25.7. The van der Waals surface area contributed by atoms with Crippen LogP contribution in [0.3, 0.4) is 0 Å². The maximum absolute atomic E-state index is 12.4. The summed E-state index contributed by atoms with van der Waals surface area (Å²) in [6.07, 6.45) is 2.65. The van der Waals surface area contributed by atoms with E-state index in [-0.39, 0.29) is 71.2 Å². The molecule has 0 radical (unpaired) electrons. The number of hydrogen-bond acceptors (Lipinski definition) is 7. The van der Waals surface area contributed by atoms with Crippen LogP contribution in [0, 0.1) is 34.5 Å². The number of aliphatic hydroxyl groups excluding tert-OH is 2. The third-order valence-electron chi connectivity index (χ3n) is 8.78. The molecule has 0 aliphatic heterocycles. The number of carbonyl (C=O) groups is 2. The van der Waals surface area contributed by atoms with Gasteiger partial charge in [-0.15, -0.1) is 0 Å². The Morgan fingerprint density at radius 1 is 1.32 bits per heavy atom. The molecular formula is C21H30NaO8P. The first-order valence-corrected chi connectivity index (χ1v) is 12.2. The van der Waals surface area contributed by atoms with Gasteiger partial charge in [-0.2, -0.15) is 0 Å². The van der Waals surface area contributed by atoms with Crippen molar-refractivity contribution in [3.05, 3.63) is 11.6 Å². The molecule has 0 saturated heterocycles. The van der Waals surface area contributed by atoms with Gasteiger partial charge in [-0.3, -0.25) is 14.2 Å². The summed E-state index contributed by atoms with van der Waals surface area (Å²) in [5, 5.41) is 20.7. The average molecular weight is 464 g/mol. The summed E-state index contributed by atoms with van der Waals surface area (Å²) in [6, 6.07) is 0. The quantitative estimate of drug-likeness (QED) is 0.324. The summed E-state index contributed by atoms with van der Waals surface area (Å²) < 4.78 is 16.6.